The number of hydrogen-bond donors (Lipinski definition) is 0. The van der Waals surface area contributed by atoms with Crippen LogP contribution >= 0.6 is 15.9 Å². The molecule has 0 spiro atoms. The number of halogens is 3. The predicted molar refractivity (Wildman–Crippen MR) is 162 cm³/mol. The van der Waals surface area contributed by atoms with Gasteiger partial charge < -0.3 is 4.90 Å². The molecule has 7 rings (SSSR count). The summed E-state index contributed by atoms with van der Waals surface area (Å²) in [5.74, 6) is 1.38. The van der Waals surface area contributed by atoms with Gasteiger partial charge in [0.2, 0.25) is 17.6 Å². The van der Waals surface area contributed by atoms with Crippen molar-refractivity contribution >= 4 is 21.9 Å². The van der Waals surface area contributed by atoms with Crippen LogP contribution < -0.4 is 4.90 Å². The van der Waals surface area contributed by atoms with E-state index in [1.807, 2.05) is 42.5 Å². The van der Waals surface area contributed by atoms with Crippen molar-refractivity contribution in [3.8, 4) is 23.0 Å². The predicted octanol–water partition coefficient (Wildman–Crippen LogP) is 6.03. The molecular weight excluding hydrogens is 616 g/mol. The third kappa shape index (κ3) is 6.64. The Bertz CT molecular complexity index is 1810. The summed E-state index contributed by atoms with van der Waals surface area (Å²) < 4.78 is 31.5. The van der Waals surface area contributed by atoms with E-state index >= 15 is 0 Å². The summed E-state index contributed by atoms with van der Waals surface area (Å²) >= 11 is 3.34. The van der Waals surface area contributed by atoms with Crippen molar-refractivity contribution in [2.24, 2.45) is 0 Å². The standard InChI is InChI=1S/C17H16FN5.C14H10BrFN4/c18-14-7-2-1-6-13(14)12-23-17(22-10-5-11-22)20-16(21-23)15-8-3-4-9-19-15;15-14-18-13(12-7-3-4-8-17-12)19-20(14)9-10-5-1-2-6-11(10)16/h1-4,6-9H,5,10-12H2;1-8H,9H2. The van der Waals surface area contributed by atoms with Crippen molar-refractivity contribution < 1.29 is 8.78 Å². The van der Waals surface area contributed by atoms with Crippen molar-refractivity contribution in [2.75, 3.05) is 18.0 Å². The first kappa shape index (κ1) is 28.3. The van der Waals surface area contributed by atoms with Gasteiger partial charge in [-0.05, 0) is 58.7 Å². The van der Waals surface area contributed by atoms with Crippen LogP contribution in [-0.4, -0.2) is 52.6 Å². The summed E-state index contributed by atoms with van der Waals surface area (Å²) in [6, 6.07) is 24.5. The van der Waals surface area contributed by atoms with Crippen LogP contribution in [0.1, 0.15) is 17.5 Å². The minimum absolute atomic E-state index is 0.225. The Morgan fingerprint density at radius 3 is 1.65 bits per heavy atom. The second-order valence-electron chi connectivity index (χ2n) is 9.71. The van der Waals surface area contributed by atoms with Gasteiger partial charge in [-0.3, -0.25) is 9.97 Å². The molecule has 0 N–H and O–H groups in total. The summed E-state index contributed by atoms with van der Waals surface area (Å²) in [6.45, 7) is 2.58. The highest BCUT2D eigenvalue weighted by Crippen LogP contribution is 2.24. The number of aromatic nitrogens is 8. The molecule has 12 heteroatoms. The third-order valence-corrected chi connectivity index (χ3v) is 7.35. The molecule has 0 saturated carbocycles. The number of anilines is 1. The molecule has 4 aromatic heterocycles. The fourth-order valence-electron chi connectivity index (χ4n) is 4.40. The Kier molecular flexibility index (Phi) is 8.55. The normalized spacial score (nSPS) is 12.4. The molecule has 1 fully saturated rings. The molecule has 1 saturated heterocycles. The lowest BCUT2D eigenvalue weighted by atomic mass is 10.2. The van der Waals surface area contributed by atoms with Crippen molar-refractivity contribution in [1.82, 2.24) is 39.5 Å². The van der Waals surface area contributed by atoms with Gasteiger partial charge in [-0.1, -0.05) is 48.5 Å². The number of nitrogens with zero attached hydrogens (tertiary/aromatic N) is 9. The molecule has 9 nitrogen and oxygen atoms in total. The lowest BCUT2D eigenvalue weighted by Crippen LogP contribution is -2.39. The highest BCUT2D eigenvalue weighted by atomic mass is 79.9. The van der Waals surface area contributed by atoms with Gasteiger partial charge >= 0.3 is 0 Å². The zero-order valence-electron chi connectivity index (χ0n) is 22.9. The van der Waals surface area contributed by atoms with Gasteiger partial charge in [-0.25, -0.2) is 18.1 Å². The van der Waals surface area contributed by atoms with Crippen molar-refractivity contribution in [3.05, 3.63) is 125 Å². The highest BCUT2D eigenvalue weighted by Gasteiger charge is 2.23. The van der Waals surface area contributed by atoms with Crippen molar-refractivity contribution in [1.29, 1.82) is 0 Å². The second kappa shape index (κ2) is 13.0. The molecule has 0 amide bonds. The van der Waals surface area contributed by atoms with Crippen molar-refractivity contribution in [3.63, 3.8) is 0 Å². The maximum atomic E-state index is 13.9. The van der Waals surface area contributed by atoms with Crippen LogP contribution in [0.5, 0.6) is 0 Å². The van der Waals surface area contributed by atoms with E-state index in [2.05, 4.69) is 51.0 Å². The Morgan fingerprint density at radius 2 is 1.14 bits per heavy atom. The van der Waals surface area contributed by atoms with Crippen LogP contribution in [0.3, 0.4) is 0 Å². The number of hydrogen-bond acceptors (Lipinski definition) is 7. The third-order valence-electron chi connectivity index (χ3n) is 6.76. The monoisotopic (exact) mass is 641 g/mol. The number of rotatable bonds is 7. The smallest absolute Gasteiger partial charge is 0.224 e. The summed E-state index contributed by atoms with van der Waals surface area (Å²) in [5, 5.41) is 8.90. The Labute approximate surface area is 255 Å². The summed E-state index contributed by atoms with van der Waals surface area (Å²) in [4.78, 5) is 19.6. The van der Waals surface area contributed by atoms with Gasteiger partial charge in [-0.15, -0.1) is 10.2 Å². The van der Waals surface area contributed by atoms with Gasteiger partial charge in [0.15, 0.2) is 4.73 Å². The second-order valence-corrected chi connectivity index (χ2v) is 10.4. The lowest BCUT2D eigenvalue weighted by Gasteiger charge is -2.31. The minimum atomic E-state index is -0.255. The summed E-state index contributed by atoms with van der Waals surface area (Å²) in [6.07, 6.45) is 4.54. The first-order valence-electron chi connectivity index (χ1n) is 13.6. The first-order chi connectivity index (χ1) is 21.0. The van der Waals surface area contributed by atoms with E-state index in [9.17, 15) is 8.78 Å². The Morgan fingerprint density at radius 1 is 0.628 bits per heavy atom. The van der Waals surface area contributed by atoms with E-state index in [1.54, 1.807) is 52.1 Å². The quantitative estimate of drug-likeness (QED) is 0.210. The summed E-state index contributed by atoms with van der Waals surface area (Å²) in [7, 11) is 0. The van der Waals surface area contributed by atoms with Crippen LogP contribution in [0.4, 0.5) is 14.7 Å². The average molecular weight is 643 g/mol. The van der Waals surface area contributed by atoms with Gasteiger partial charge in [0.05, 0.1) is 13.1 Å². The van der Waals surface area contributed by atoms with Crippen LogP contribution in [0.2, 0.25) is 0 Å². The zero-order valence-corrected chi connectivity index (χ0v) is 24.5. The van der Waals surface area contributed by atoms with Gasteiger partial charge in [-0.2, -0.15) is 9.97 Å². The molecular formula is C31H26BrF2N9. The van der Waals surface area contributed by atoms with E-state index in [4.69, 9.17) is 0 Å². The molecule has 43 heavy (non-hydrogen) atoms. The maximum Gasteiger partial charge on any atom is 0.224 e. The fourth-order valence-corrected chi connectivity index (χ4v) is 4.77. The molecule has 5 heterocycles. The van der Waals surface area contributed by atoms with Gasteiger partial charge in [0.1, 0.15) is 23.0 Å². The molecule has 1 aliphatic rings. The van der Waals surface area contributed by atoms with Crippen LogP contribution in [0.15, 0.2) is 102 Å². The highest BCUT2D eigenvalue weighted by molar-refractivity contribution is 9.10. The molecule has 0 bridgehead atoms. The number of pyridine rings is 2. The van der Waals surface area contributed by atoms with Crippen LogP contribution in [0, 0.1) is 11.6 Å². The van der Waals surface area contributed by atoms with Crippen LogP contribution in [-0.2, 0) is 13.1 Å². The molecule has 6 aromatic rings. The van der Waals surface area contributed by atoms with Crippen molar-refractivity contribution in [2.45, 2.75) is 19.5 Å². The van der Waals surface area contributed by atoms with E-state index < -0.39 is 0 Å². The topological polar surface area (TPSA) is 90.4 Å². The zero-order chi connectivity index (χ0) is 29.6. The first-order valence-corrected chi connectivity index (χ1v) is 14.4. The molecule has 0 radical (unpaired) electrons. The molecule has 0 atom stereocenters. The Hall–Kier alpha value is -4.84. The molecule has 216 valence electrons. The minimum Gasteiger partial charge on any atom is -0.341 e. The largest absolute Gasteiger partial charge is 0.341 e. The van der Waals surface area contributed by atoms with Crippen LogP contribution in [0.25, 0.3) is 23.0 Å². The lowest BCUT2D eigenvalue weighted by molar-refractivity contribution is 0.551. The Balaban J connectivity index is 0.000000155. The fraction of sp³-hybridized carbons (Fsp3) is 0.161. The summed E-state index contributed by atoms with van der Waals surface area (Å²) in [5.41, 5.74) is 2.57. The maximum absolute atomic E-state index is 13.9. The van der Waals surface area contributed by atoms with Gasteiger partial charge in [0.25, 0.3) is 0 Å². The van der Waals surface area contributed by atoms with Gasteiger partial charge in [0, 0.05) is 36.6 Å². The molecule has 0 unspecified atom stereocenters. The van der Waals surface area contributed by atoms with E-state index in [0.29, 0.717) is 46.3 Å². The average Bonchev–Trinajstić information content (AvgIpc) is 3.59. The molecule has 1 aliphatic heterocycles. The SMILES string of the molecule is Fc1ccccc1Cn1nc(-c2ccccn2)nc1Br.Fc1ccccc1Cn1nc(-c2ccccn2)nc1N1CCC1. The molecule has 0 aliphatic carbocycles. The van der Waals surface area contributed by atoms with E-state index in [-0.39, 0.29) is 11.6 Å². The van der Waals surface area contributed by atoms with E-state index in [0.717, 1.165) is 31.2 Å². The van der Waals surface area contributed by atoms with E-state index in [1.165, 1.54) is 12.1 Å². The number of benzene rings is 2. The molecule has 2 aromatic carbocycles.